The van der Waals surface area contributed by atoms with Gasteiger partial charge in [0.2, 0.25) is 0 Å². The van der Waals surface area contributed by atoms with Gasteiger partial charge in [0.1, 0.15) is 0 Å². The molecule has 4 heteroatoms. The minimum absolute atomic E-state index is 0.675. The van der Waals surface area contributed by atoms with E-state index < -0.39 is 0 Å². The van der Waals surface area contributed by atoms with E-state index in [4.69, 9.17) is 0 Å². The second-order valence-electron chi connectivity index (χ2n) is 1.94. The molecule has 0 bridgehead atoms. The van der Waals surface area contributed by atoms with Crippen LogP contribution >= 0.6 is 12.2 Å². The van der Waals surface area contributed by atoms with Gasteiger partial charge in [0.15, 0.2) is 0 Å². The molecule has 3 nitrogen and oxygen atoms in total. The highest BCUT2D eigenvalue weighted by atomic mass is 32.1. The number of rotatable bonds is 4. The number of hydrazine groups is 1. The molecule has 1 heterocycles. The average Bonchev–Trinajstić information content (AvgIpc) is 2.07. The second-order valence-corrected chi connectivity index (χ2v) is 2.17. The fraction of sp³-hybridized carbons (Fsp3) is 0.143. The molecule has 0 spiro atoms. The molecule has 0 atom stereocenters. The minimum Gasteiger partial charge on any atom is -0.318 e. The average molecular weight is 167 g/mol. The van der Waals surface area contributed by atoms with Crippen molar-refractivity contribution >= 4 is 17.7 Å². The molecule has 0 aromatic carbocycles. The van der Waals surface area contributed by atoms with Gasteiger partial charge in [0.25, 0.3) is 0 Å². The molecule has 11 heavy (non-hydrogen) atoms. The van der Waals surface area contributed by atoms with Crippen LogP contribution in [0.2, 0.25) is 0 Å². The smallest absolute Gasteiger partial charge is 0.0757 e. The summed E-state index contributed by atoms with van der Waals surface area (Å²) >= 11 is 4.55. The third-order valence-electron chi connectivity index (χ3n) is 1.16. The molecule has 0 saturated carbocycles. The van der Waals surface area contributed by atoms with Gasteiger partial charge in [-0.3, -0.25) is 4.98 Å². The molecule has 0 aliphatic rings. The largest absolute Gasteiger partial charge is 0.318 e. The van der Waals surface area contributed by atoms with E-state index in [1.165, 1.54) is 5.49 Å². The predicted octanol–water partition coefficient (Wildman–Crippen LogP) is 0.633. The highest BCUT2D eigenvalue weighted by Gasteiger charge is 1.87. The number of nitrogens with one attached hydrogen (secondary N) is 2. The van der Waals surface area contributed by atoms with Crippen molar-refractivity contribution in [2.75, 3.05) is 0 Å². The van der Waals surface area contributed by atoms with Crippen LogP contribution in [0.1, 0.15) is 5.69 Å². The van der Waals surface area contributed by atoms with E-state index >= 15 is 0 Å². The summed E-state index contributed by atoms with van der Waals surface area (Å²) in [5.41, 5.74) is 7.98. The number of hydrogen-bond donors (Lipinski definition) is 2. The lowest BCUT2D eigenvalue weighted by Crippen LogP contribution is -2.29. The van der Waals surface area contributed by atoms with Crippen LogP contribution in [0, 0.1) is 0 Å². The van der Waals surface area contributed by atoms with Gasteiger partial charge in [-0.05, 0) is 12.1 Å². The first kappa shape index (κ1) is 8.10. The van der Waals surface area contributed by atoms with Crippen LogP contribution in [0.4, 0.5) is 0 Å². The van der Waals surface area contributed by atoms with Crippen molar-refractivity contribution in [1.82, 2.24) is 15.8 Å². The Morgan fingerprint density at radius 3 is 3.09 bits per heavy atom. The molecule has 0 amide bonds. The lowest BCUT2D eigenvalue weighted by molar-refractivity contribution is 0.654. The van der Waals surface area contributed by atoms with Crippen LogP contribution in [0.25, 0.3) is 0 Å². The first-order chi connectivity index (χ1) is 5.43. The summed E-state index contributed by atoms with van der Waals surface area (Å²) in [4.78, 5) is 4.10. The summed E-state index contributed by atoms with van der Waals surface area (Å²) in [6.07, 6.45) is 1.76. The number of pyridine rings is 1. The first-order valence-electron chi connectivity index (χ1n) is 3.25. The summed E-state index contributed by atoms with van der Waals surface area (Å²) in [7, 11) is 0. The van der Waals surface area contributed by atoms with Gasteiger partial charge in [0, 0.05) is 6.20 Å². The third kappa shape index (κ3) is 3.06. The van der Waals surface area contributed by atoms with Crippen molar-refractivity contribution in [3.63, 3.8) is 0 Å². The lowest BCUT2D eigenvalue weighted by Gasteiger charge is -2.00. The monoisotopic (exact) mass is 167 g/mol. The SMILES string of the molecule is S=CNNCc1ccccn1. The van der Waals surface area contributed by atoms with E-state index in [9.17, 15) is 0 Å². The fourth-order valence-corrected chi connectivity index (χ4v) is 0.769. The van der Waals surface area contributed by atoms with Crippen molar-refractivity contribution in [3.05, 3.63) is 30.1 Å². The minimum atomic E-state index is 0.675. The van der Waals surface area contributed by atoms with Crippen molar-refractivity contribution < 1.29 is 0 Å². The van der Waals surface area contributed by atoms with E-state index in [2.05, 4.69) is 28.1 Å². The maximum Gasteiger partial charge on any atom is 0.0757 e. The number of nitrogens with zero attached hydrogens (tertiary/aromatic N) is 1. The molecule has 0 saturated heterocycles. The van der Waals surface area contributed by atoms with E-state index in [1.54, 1.807) is 6.20 Å². The summed E-state index contributed by atoms with van der Waals surface area (Å²) in [5.74, 6) is 0. The predicted molar refractivity (Wildman–Crippen MR) is 47.9 cm³/mol. The zero-order valence-electron chi connectivity index (χ0n) is 5.95. The van der Waals surface area contributed by atoms with Gasteiger partial charge in [0.05, 0.1) is 17.7 Å². The van der Waals surface area contributed by atoms with Gasteiger partial charge < -0.3 is 5.43 Å². The topological polar surface area (TPSA) is 37.0 Å². The second kappa shape index (κ2) is 4.76. The van der Waals surface area contributed by atoms with Crippen molar-refractivity contribution in [2.45, 2.75) is 6.54 Å². The van der Waals surface area contributed by atoms with Crippen LogP contribution in [0.15, 0.2) is 24.4 Å². The molecule has 1 rings (SSSR count). The van der Waals surface area contributed by atoms with Crippen LogP contribution in [-0.4, -0.2) is 10.5 Å². The molecule has 2 N–H and O–H groups in total. The lowest BCUT2D eigenvalue weighted by atomic mass is 10.4. The summed E-state index contributed by atoms with van der Waals surface area (Å²) in [5, 5.41) is 0. The Kier molecular flexibility index (Phi) is 3.51. The van der Waals surface area contributed by atoms with E-state index in [0.717, 1.165) is 5.69 Å². The Morgan fingerprint density at radius 1 is 1.55 bits per heavy atom. The highest BCUT2D eigenvalue weighted by Crippen LogP contribution is 1.90. The van der Waals surface area contributed by atoms with Gasteiger partial charge >= 0.3 is 0 Å². The summed E-state index contributed by atoms with van der Waals surface area (Å²) in [6.45, 7) is 0.675. The Bertz CT molecular complexity index is 212. The van der Waals surface area contributed by atoms with Gasteiger partial charge in [-0.1, -0.05) is 18.3 Å². The van der Waals surface area contributed by atoms with Gasteiger partial charge in [-0.2, -0.15) is 0 Å². The maximum absolute atomic E-state index is 4.55. The molecule has 1 aromatic rings. The number of aromatic nitrogens is 1. The Morgan fingerprint density at radius 2 is 2.45 bits per heavy atom. The quantitative estimate of drug-likeness (QED) is 0.392. The zero-order valence-corrected chi connectivity index (χ0v) is 6.77. The van der Waals surface area contributed by atoms with E-state index in [1.807, 2.05) is 18.2 Å². The van der Waals surface area contributed by atoms with Crippen LogP contribution in [0.5, 0.6) is 0 Å². The van der Waals surface area contributed by atoms with Gasteiger partial charge in [-0.25, -0.2) is 5.43 Å². The standard InChI is InChI=1S/C7H9N3S/c11-6-10-9-5-7-3-1-2-4-8-7/h1-4,6,9H,5H2,(H,10,11). The molecular weight excluding hydrogens is 158 g/mol. The molecule has 0 aliphatic carbocycles. The highest BCUT2D eigenvalue weighted by molar-refractivity contribution is 7.78. The van der Waals surface area contributed by atoms with Crippen molar-refractivity contribution in [1.29, 1.82) is 0 Å². The maximum atomic E-state index is 4.55. The van der Waals surface area contributed by atoms with Crippen molar-refractivity contribution in [2.24, 2.45) is 0 Å². The van der Waals surface area contributed by atoms with E-state index in [-0.39, 0.29) is 0 Å². The Labute approximate surface area is 70.8 Å². The molecule has 0 radical (unpaired) electrons. The fourth-order valence-electron chi connectivity index (χ4n) is 0.686. The number of hydrogen-bond acceptors (Lipinski definition) is 3. The normalized spacial score (nSPS) is 9.09. The molecular formula is C7H9N3S. The van der Waals surface area contributed by atoms with Crippen LogP contribution in [0.3, 0.4) is 0 Å². The molecule has 58 valence electrons. The summed E-state index contributed by atoms with van der Waals surface area (Å²) < 4.78 is 0. The van der Waals surface area contributed by atoms with E-state index in [0.29, 0.717) is 6.54 Å². The van der Waals surface area contributed by atoms with Crippen LogP contribution < -0.4 is 10.9 Å². The van der Waals surface area contributed by atoms with Crippen LogP contribution in [-0.2, 0) is 6.54 Å². The molecule has 0 fully saturated rings. The Hall–Kier alpha value is -1.00. The molecule has 0 unspecified atom stereocenters. The Balaban J connectivity index is 2.33. The summed E-state index contributed by atoms with van der Waals surface area (Å²) in [6, 6.07) is 5.77. The zero-order chi connectivity index (χ0) is 7.94. The number of thiocarbonyl (C=S) groups is 1. The van der Waals surface area contributed by atoms with Gasteiger partial charge in [-0.15, -0.1) is 0 Å². The van der Waals surface area contributed by atoms with Crippen molar-refractivity contribution in [3.8, 4) is 0 Å². The molecule has 1 aromatic heterocycles. The first-order valence-corrected chi connectivity index (χ1v) is 3.72. The molecule has 0 aliphatic heterocycles. The third-order valence-corrected chi connectivity index (χ3v) is 1.27.